The molecule has 2 aromatic heterocycles. The van der Waals surface area contributed by atoms with Gasteiger partial charge in [-0.05, 0) is 140 Å². The normalized spacial score (nSPS) is 15.4. The first-order valence-corrected chi connectivity index (χ1v) is 48.2. The van der Waals surface area contributed by atoms with Crippen molar-refractivity contribution in [3.05, 3.63) is 276 Å². The molecular weight excluding hydrogens is 2060 g/mol. The number of hydrogen-bond acceptors (Lipinski definition) is 30. The molecule has 32 nitrogen and oxygen atoms in total. The van der Waals surface area contributed by atoms with Crippen LogP contribution in [0.2, 0.25) is 0 Å². The van der Waals surface area contributed by atoms with E-state index in [1.807, 2.05) is 216 Å². The number of fused-ring (bicyclic) bond motifs is 2. The Hall–Kier alpha value is -10.9. The predicted molar refractivity (Wildman–Crippen MR) is 560 cm³/mol. The van der Waals surface area contributed by atoms with Gasteiger partial charge < -0.3 is 70.8 Å². The number of para-hydroxylation sites is 3. The molecule has 0 amide bonds. The number of allylic oxidation sites excluding steroid dienone is 1. The SMILES string of the molecule is C/C=C/C(=O)OCC.C1CCOC1.CCO.CCOC(=O)C(F)(F)Br.CCOC(=O)C(F)(F)CN(Cc1ccccc1)[C@@H](C)CC(=O)OC.CO.COC(=O)C1C(=O)C(F)(F)CN(Cc2ccccc2)[C@H]1C.COC(=O)CC(C)NCc1ccccc1.COC(=O)C[C@H](C)N(Cc1ccccc1)Cn1nnc2ccccc21.C[C@H]1CC(O)(O)C(F)(F)CN1Cc1ccccc1.Cl.NCc1ccccc1.[B].[H-].[Na+].c1ccc2n[nH]nc2c1. The van der Waals surface area contributed by atoms with Crippen molar-refractivity contribution in [2.75, 3.05) is 94.8 Å². The zero-order valence-corrected chi connectivity index (χ0v) is 92.3. The average molecular weight is 2210 g/mol. The van der Waals surface area contributed by atoms with E-state index in [2.05, 4.69) is 88.6 Å². The van der Waals surface area contributed by atoms with Gasteiger partial charge in [-0.15, -0.1) is 17.5 Å². The number of aliphatic hydroxyl groups excluding tert-OH is 2. The minimum atomic E-state index is -3.66. The van der Waals surface area contributed by atoms with Gasteiger partial charge >= 0.3 is 93.9 Å². The van der Waals surface area contributed by atoms with Crippen molar-refractivity contribution in [3.8, 4) is 0 Å². The summed E-state index contributed by atoms with van der Waals surface area (Å²) in [6, 6.07) is 71.9. The second-order valence-corrected chi connectivity index (χ2v) is 33.8. The fraction of sp³-hybridized carbons (Fsp3) is 0.453. The first-order chi connectivity index (χ1) is 70.0. The Labute approximate surface area is 913 Å². The molecule has 2 unspecified atom stereocenters. The Kier molecular flexibility index (Phi) is 73.6. The average Bonchev–Trinajstić information content (AvgIpc) is 1.63. The maximum atomic E-state index is 14.1. The summed E-state index contributed by atoms with van der Waals surface area (Å²) in [5.74, 6) is -21.6. The van der Waals surface area contributed by atoms with E-state index >= 15 is 0 Å². The van der Waals surface area contributed by atoms with Crippen LogP contribution in [0.25, 0.3) is 22.1 Å². The summed E-state index contributed by atoms with van der Waals surface area (Å²) >= 11 is 1.84. The number of carbonyl (C=O) groups is 8. The number of nitrogens with two attached hydrogens (primary N) is 1. The molecule has 3 fully saturated rings. The number of esters is 7. The van der Waals surface area contributed by atoms with Crippen LogP contribution < -0.4 is 40.6 Å². The summed E-state index contributed by atoms with van der Waals surface area (Å²) in [4.78, 5) is 92.5. The quantitative estimate of drug-likeness (QED) is 0.00310. The summed E-state index contributed by atoms with van der Waals surface area (Å²) in [6.45, 7) is 21.0. The van der Waals surface area contributed by atoms with Crippen LogP contribution >= 0.6 is 28.3 Å². The Morgan fingerprint density at radius 3 is 1.37 bits per heavy atom. The Bertz CT molecular complexity index is 5330. The molecule has 10 aromatic rings. The zero-order valence-electron chi connectivity index (χ0n) is 88.9. The number of ketones is 1. The number of nitrogens with zero attached hydrogens (tertiary/aromatic N) is 9. The van der Waals surface area contributed by atoms with E-state index in [4.69, 9.17) is 25.4 Å². The molecule has 0 aliphatic carbocycles. The van der Waals surface area contributed by atoms with Crippen molar-refractivity contribution in [1.29, 1.82) is 0 Å². The second kappa shape index (κ2) is 78.3. The number of halogens is 10. The van der Waals surface area contributed by atoms with Crippen molar-refractivity contribution in [3.63, 3.8) is 0 Å². The molecule has 0 bridgehead atoms. The summed E-state index contributed by atoms with van der Waals surface area (Å²) in [5, 5.41) is 55.3. The number of carbonyl (C=O) groups excluding carboxylic acids is 8. The molecule has 13 rings (SSSR count). The number of rotatable bonds is 31. The van der Waals surface area contributed by atoms with Crippen LogP contribution in [0.3, 0.4) is 0 Å². The van der Waals surface area contributed by atoms with Crippen molar-refractivity contribution >= 4 is 106 Å². The largest absolute Gasteiger partial charge is 1.00 e. The van der Waals surface area contributed by atoms with Gasteiger partial charge in [-0.2, -0.15) is 50.5 Å². The summed E-state index contributed by atoms with van der Waals surface area (Å²) in [5.41, 5.74) is 15.2. The van der Waals surface area contributed by atoms with Crippen LogP contribution in [0.4, 0.5) is 35.1 Å². The van der Waals surface area contributed by atoms with Crippen molar-refractivity contribution in [2.45, 2.75) is 212 Å². The van der Waals surface area contributed by atoms with Crippen molar-refractivity contribution in [1.82, 2.24) is 55.3 Å². The fourth-order valence-electron chi connectivity index (χ4n) is 13.6. The van der Waals surface area contributed by atoms with Crippen LogP contribution in [-0.2, 0) is 122 Å². The molecule has 3 aliphatic heterocycles. The monoisotopic (exact) mass is 2210 g/mol. The molecule has 0 saturated carbocycles. The third-order valence-corrected chi connectivity index (χ3v) is 21.7. The number of benzene rings is 8. The van der Waals surface area contributed by atoms with Crippen molar-refractivity contribution < 1.29 is 163 Å². The molecule has 6 atom stereocenters. The third-order valence-electron chi connectivity index (χ3n) is 21.4. The summed E-state index contributed by atoms with van der Waals surface area (Å²) in [7, 11) is 6.16. The number of aliphatic hydroxyl groups is 4. The van der Waals surface area contributed by atoms with Crippen LogP contribution in [0.1, 0.15) is 143 Å². The number of aromatic amines is 1. The second-order valence-electron chi connectivity index (χ2n) is 32.8. The number of hydrogen-bond donors (Lipinski definition) is 7. The number of aromatic nitrogens is 6. The molecule has 3 radical (unpaired) electrons. The van der Waals surface area contributed by atoms with Crippen LogP contribution in [0, 0.1) is 5.92 Å². The van der Waals surface area contributed by atoms with E-state index in [9.17, 15) is 83.7 Å². The Balaban J connectivity index is -0.00000165. The molecule has 0 spiro atoms. The molecular formula is C106H145BBrClF8N12NaO20. The van der Waals surface area contributed by atoms with E-state index < -0.39 is 95.7 Å². The minimum Gasteiger partial charge on any atom is -1.00 e. The molecule has 823 valence electrons. The number of alkyl halides is 9. The molecule has 150 heavy (non-hydrogen) atoms. The van der Waals surface area contributed by atoms with E-state index in [-0.39, 0.29) is 134 Å². The number of Topliss-reactive ketones (excluding diaryl/α,β-unsaturated/α-hetero) is 1. The topological polar surface area (TPSA) is 415 Å². The minimum absolute atomic E-state index is 0. The summed E-state index contributed by atoms with van der Waals surface area (Å²) < 4.78 is 145. The van der Waals surface area contributed by atoms with Crippen LogP contribution in [-0.4, -0.2) is 280 Å². The van der Waals surface area contributed by atoms with Crippen LogP contribution in [0.5, 0.6) is 0 Å². The van der Waals surface area contributed by atoms with Gasteiger partial charge in [0.15, 0.2) is 0 Å². The third kappa shape index (κ3) is 55.9. The number of H-pyrrole nitrogens is 1. The summed E-state index contributed by atoms with van der Waals surface area (Å²) in [6.07, 6.45) is 5.93. The van der Waals surface area contributed by atoms with Gasteiger partial charge in [-0.25, -0.2) is 19.1 Å². The van der Waals surface area contributed by atoms with Gasteiger partial charge in [0.2, 0.25) is 11.6 Å². The number of likely N-dealkylation sites (tertiary alicyclic amines) is 2. The van der Waals surface area contributed by atoms with E-state index in [1.165, 1.54) is 80.6 Å². The molecule has 8 N–H and O–H groups in total. The first kappa shape index (κ1) is 141. The fourth-order valence-corrected chi connectivity index (χ4v) is 13.7. The maximum absolute atomic E-state index is 14.1. The van der Waals surface area contributed by atoms with E-state index in [0.29, 0.717) is 45.8 Å². The molecule has 44 heteroatoms. The van der Waals surface area contributed by atoms with Crippen LogP contribution in [0.15, 0.2) is 243 Å². The number of ether oxygens (including phenoxy) is 8. The van der Waals surface area contributed by atoms with Crippen molar-refractivity contribution in [2.24, 2.45) is 11.7 Å². The Morgan fingerprint density at radius 2 is 0.973 bits per heavy atom. The molecule has 8 aromatic carbocycles. The standard InChI is InChI=1S/C19H22N4O2.C17H23F2NO4.C15H17F2NO3.C13H17F2NO2.C12H17NO2.C7H9N.C6H5N3.C6H10O2.C4H5BrF2O2.C4H8O.C2H6O.CH4O.B.ClH.Na.H/c1-15(12-19(24)25-2)22(13-16-8-4-3-5-9-16)14-23-18-11-7-6-10-17(18)20-21-23;1-4-24-16(22)17(18,19)12-20(13(2)10-15(21)23-3)11-14-8-6-5-7-9-14;1-10-12(14(20)21-2)13(19)15(16,17)9-18(10)8-11-6-4-3-5-7-11;1-10-7-13(17,18)12(14,15)9-16(10)8-11-5-3-2-4-6-11;1-10(8-12(14)15-2)13-9-11-6-4-3-5-7-11;8-6-7-4-2-1-3-5-7;1-2-4-6-5(3-1)7-9-8-6;1-3-5-6(7)8-4-2;1-2-9-3(8)4(5,6)7;1-2-4-5-3-1;1-2-3;1-2;;;;/h3-11,15H,12-14H2,1-2H3;5-9,13H,4,10-12H2,1-3H3;3-7,10,12H,8-9H2,1-2H3;2-6,10,17-18H,7-9H2,1H3;3-7,10,13H,8-9H2,1-2H3;1-5H,6,8H2;1-4H,(H,7,8,9);3,5H,4H2,1-2H3;2H2,1H3;1-4H2;3H,2H2,1H3;2H,1H3;;1H;;/q;;;;;;;;;;;;;;+1;-1/b;;;;;;;5-3+;;;;;;;;/t15-;13-;10-,12?;10-;;;;;;;;;;;;/m0000............/s1. The smallest absolute Gasteiger partial charge is 1.00 e. The van der Waals surface area contributed by atoms with E-state index in [1.54, 1.807) is 76.8 Å². The van der Waals surface area contributed by atoms with Gasteiger partial charge in [-0.3, -0.25) is 43.6 Å². The zero-order chi connectivity index (χ0) is 110. The van der Waals surface area contributed by atoms with Gasteiger partial charge in [0.25, 0.3) is 0 Å². The van der Waals surface area contributed by atoms with E-state index in [0.717, 1.165) is 72.7 Å². The number of piperidine rings is 2. The van der Waals surface area contributed by atoms with Gasteiger partial charge in [0.1, 0.15) is 22.5 Å². The number of methoxy groups -OCH3 is 4. The maximum Gasteiger partial charge on any atom is 1.00 e. The predicted octanol–water partition coefficient (Wildman–Crippen LogP) is 13.0. The Morgan fingerprint density at radius 1 is 0.580 bits per heavy atom. The van der Waals surface area contributed by atoms with Gasteiger partial charge in [0.05, 0.1) is 99.3 Å². The van der Waals surface area contributed by atoms with Gasteiger partial charge in [-0.1, -0.05) is 218 Å². The molecule has 3 aliphatic rings. The van der Waals surface area contributed by atoms with Gasteiger partial charge in [0, 0.05) is 133 Å². The number of nitrogens with one attached hydrogen (secondary N) is 2. The molecule has 3 saturated heterocycles. The first-order valence-electron chi connectivity index (χ1n) is 47.4. The molecule has 5 heterocycles.